The number of anilines is 2. The summed E-state index contributed by atoms with van der Waals surface area (Å²) < 4.78 is 33.1. The van der Waals surface area contributed by atoms with Crippen molar-refractivity contribution in [2.24, 2.45) is 0 Å². The second-order valence-electron chi connectivity index (χ2n) is 8.46. The van der Waals surface area contributed by atoms with Crippen LogP contribution in [0.15, 0.2) is 65.7 Å². The van der Waals surface area contributed by atoms with Crippen molar-refractivity contribution >= 4 is 44.9 Å². The quantitative estimate of drug-likeness (QED) is 0.446. The minimum absolute atomic E-state index is 0.0307. The smallest absolute Gasteiger partial charge is 0.411 e. The number of hydrogen-bond donors (Lipinski definition) is 2. The maximum absolute atomic E-state index is 13.2. The molecule has 0 aliphatic heterocycles. The molecule has 0 radical (unpaired) electrons. The van der Waals surface area contributed by atoms with Crippen LogP contribution in [0, 0.1) is 0 Å². The van der Waals surface area contributed by atoms with Gasteiger partial charge in [0.05, 0.1) is 22.7 Å². The van der Waals surface area contributed by atoms with E-state index in [9.17, 15) is 18.0 Å². The topological polar surface area (TPSA) is 114 Å². The van der Waals surface area contributed by atoms with Gasteiger partial charge < -0.3 is 4.74 Å². The first-order valence-corrected chi connectivity index (χ1v) is 12.1. The van der Waals surface area contributed by atoms with Crippen LogP contribution in [0.4, 0.5) is 16.2 Å². The minimum atomic E-state index is -4.03. The Balaban J connectivity index is 1.94. The Morgan fingerprint density at radius 2 is 1.71 bits per heavy atom. The molecule has 0 aliphatic rings. The monoisotopic (exact) mass is 501 g/mol. The number of ketones is 1. The second kappa shape index (κ2) is 9.82. The molecule has 0 saturated carbocycles. The van der Waals surface area contributed by atoms with Crippen LogP contribution in [0.25, 0.3) is 0 Å². The largest absolute Gasteiger partial charge is 0.453 e. The lowest BCUT2D eigenvalue weighted by Crippen LogP contribution is -2.18. The molecule has 0 bridgehead atoms. The van der Waals surface area contributed by atoms with Crippen LogP contribution in [0.5, 0.6) is 0 Å². The van der Waals surface area contributed by atoms with E-state index >= 15 is 0 Å². The Hall–Kier alpha value is -3.43. The van der Waals surface area contributed by atoms with Gasteiger partial charge in [0.1, 0.15) is 5.69 Å². The number of aromatic nitrogens is 1. The standard InChI is InChI=1S/C24H24ClN3O5S/c1-24(2,3)16-8-10-19(11-9-16)34(31,32)28-20-13-17(25)14-26-21(20)22(29)15-6-5-7-18(12-15)27-23(30)33-4/h5-14,28H,1-4H3,(H,27,30). The molecule has 1 heterocycles. The van der Waals surface area contributed by atoms with Gasteiger partial charge in [-0.1, -0.05) is 56.6 Å². The summed E-state index contributed by atoms with van der Waals surface area (Å²) in [7, 11) is -2.81. The summed E-state index contributed by atoms with van der Waals surface area (Å²) in [5.74, 6) is -0.564. The lowest BCUT2D eigenvalue weighted by Gasteiger charge is -2.19. The fourth-order valence-corrected chi connectivity index (χ4v) is 4.29. The van der Waals surface area contributed by atoms with Gasteiger partial charge >= 0.3 is 6.09 Å². The number of halogens is 1. The molecular formula is C24H24ClN3O5S. The predicted molar refractivity (Wildman–Crippen MR) is 131 cm³/mol. The van der Waals surface area contributed by atoms with Gasteiger partial charge in [-0.2, -0.15) is 0 Å². The van der Waals surface area contributed by atoms with Gasteiger partial charge in [0, 0.05) is 17.4 Å². The molecule has 0 spiro atoms. The Bertz CT molecular complexity index is 1330. The molecule has 3 aromatic rings. The third-order valence-corrected chi connectivity index (χ3v) is 6.49. The molecule has 10 heteroatoms. The lowest BCUT2D eigenvalue weighted by molar-refractivity contribution is 0.103. The SMILES string of the molecule is COC(=O)Nc1cccc(C(=O)c2ncc(Cl)cc2NS(=O)(=O)c2ccc(C(C)(C)C)cc2)c1. The van der Waals surface area contributed by atoms with Gasteiger partial charge in [-0.05, 0) is 41.3 Å². The summed E-state index contributed by atoms with van der Waals surface area (Å²) in [6.07, 6.45) is 0.557. The summed E-state index contributed by atoms with van der Waals surface area (Å²) in [4.78, 5) is 28.7. The molecular weight excluding hydrogens is 478 g/mol. The van der Waals surface area contributed by atoms with Gasteiger partial charge in [-0.25, -0.2) is 18.2 Å². The van der Waals surface area contributed by atoms with E-state index in [-0.39, 0.29) is 32.3 Å². The van der Waals surface area contributed by atoms with E-state index in [0.29, 0.717) is 5.69 Å². The fourth-order valence-electron chi connectivity index (χ4n) is 3.08. The third kappa shape index (κ3) is 5.92. The maximum atomic E-state index is 13.2. The number of ether oxygens (including phenoxy) is 1. The predicted octanol–water partition coefficient (Wildman–Crippen LogP) is 5.24. The summed E-state index contributed by atoms with van der Waals surface area (Å²) in [5.41, 5.74) is 1.14. The van der Waals surface area contributed by atoms with Crippen molar-refractivity contribution in [1.29, 1.82) is 0 Å². The van der Waals surface area contributed by atoms with E-state index in [1.54, 1.807) is 24.3 Å². The summed E-state index contributed by atoms with van der Waals surface area (Å²) in [6.45, 7) is 6.08. The van der Waals surface area contributed by atoms with Crippen LogP contribution in [0.3, 0.4) is 0 Å². The normalized spacial score (nSPS) is 11.6. The highest BCUT2D eigenvalue weighted by molar-refractivity contribution is 7.92. The summed E-state index contributed by atoms with van der Waals surface area (Å²) >= 11 is 6.04. The summed E-state index contributed by atoms with van der Waals surface area (Å²) in [6, 6.07) is 13.9. The van der Waals surface area contributed by atoms with Gasteiger partial charge in [0.2, 0.25) is 5.78 Å². The molecule has 0 unspecified atom stereocenters. The number of rotatable bonds is 6. The average Bonchev–Trinajstić information content (AvgIpc) is 2.78. The first-order valence-electron chi connectivity index (χ1n) is 10.2. The van der Waals surface area contributed by atoms with Crippen molar-refractivity contribution in [2.75, 3.05) is 17.1 Å². The Morgan fingerprint density at radius 1 is 1.03 bits per heavy atom. The Morgan fingerprint density at radius 3 is 2.32 bits per heavy atom. The number of hydrogen-bond acceptors (Lipinski definition) is 6. The number of carbonyl (C=O) groups excluding carboxylic acids is 2. The molecule has 0 atom stereocenters. The molecule has 8 nitrogen and oxygen atoms in total. The highest BCUT2D eigenvalue weighted by Gasteiger charge is 2.23. The highest BCUT2D eigenvalue weighted by Crippen LogP contribution is 2.27. The van der Waals surface area contributed by atoms with Gasteiger partial charge in [0.15, 0.2) is 0 Å². The van der Waals surface area contributed by atoms with E-state index in [1.807, 2.05) is 20.8 Å². The molecule has 178 valence electrons. The molecule has 3 rings (SSSR count). The number of carbonyl (C=O) groups is 2. The molecule has 1 amide bonds. The Kier molecular flexibility index (Phi) is 7.28. The molecule has 2 N–H and O–H groups in total. The number of nitrogens with zero attached hydrogens (tertiary/aromatic N) is 1. The highest BCUT2D eigenvalue weighted by atomic mass is 35.5. The number of methoxy groups -OCH3 is 1. The Labute approximate surface area is 203 Å². The minimum Gasteiger partial charge on any atom is -0.453 e. The van der Waals surface area contributed by atoms with Crippen molar-refractivity contribution < 1.29 is 22.7 Å². The molecule has 1 aromatic heterocycles. The van der Waals surface area contributed by atoms with Crippen LogP contribution in [0.2, 0.25) is 5.02 Å². The van der Waals surface area contributed by atoms with Gasteiger partial charge in [-0.15, -0.1) is 0 Å². The van der Waals surface area contributed by atoms with Gasteiger partial charge in [-0.3, -0.25) is 14.8 Å². The molecule has 2 aromatic carbocycles. The van der Waals surface area contributed by atoms with Crippen molar-refractivity contribution in [2.45, 2.75) is 31.1 Å². The lowest BCUT2D eigenvalue weighted by atomic mass is 9.87. The number of amides is 1. The van der Waals surface area contributed by atoms with Crippen LogP contribution in [0.1, 0.15) is 42.4 Å². The number of pyridine rings is 1. The average molecular weight is 502 g/mol. The van der Waals surface area contributed by atoms with Gasteiger partial charge in [0.25, 0.3) is 10.0 Å². The maximum Gasteiger partial charge on any atom is 0.411 e. The van der Waals surface area contributed by atoms with Crippen molar-refractivity contribution in [3.63, 3.8) is 0 Å². The van der Waals surface area contributed by atoms with Crippen LogP contribution >= 0.6 is 11.6 Å². The van der Waals surface area contributed by atoms with E-state index < -0.39 is 21.9 Å². The zero-order valence-electron chi connectivity index (χ0n) is 19.0. The zero-order chi connectivity index (χ0) is 25.1. The van der Waals surface area contributed by atoms with E-state index in [2.05, 4.69) is 19.8 Å². The zero-order valence-corrected chi connectivity index (χ0v) is 20.6. The van der Waals surface area contributed by atoms with Crippen molar-refractivity contribution in [3.8, 4) is 0 Å². The first-order chi connectivity index (χ1) is 15.9. The number of benzene rings is 2. The van der Waals surface area contributed by atoms with E-state index in [0.717, 1.165) is 5.56 Å². The van der Waals surface area contributed by atoms with E-state index in [1.165, 1.54) is 43.6 Å². The van der Waals surface area contributed by atoms with Crippen molar-refractivity contribution in [1.82, 2.24) is 4.98 Å². The fraction of sp³-hybridized carbons (Fsp3) is 0.208. The van der Waals surface area contributed by atoms with E-state index in [4.69, 9.17) is 11.6 Å². The van der Waals surface area contributed by atoms with Crippen LogP contribution < -0.4 is 10.0 Å². The molecule has 0 fully saturated rings. The number of nitrogens with one attached hydrogen (secondary N) is 2. The van der Waals surface area contributed by atoms with Crippen molar-refractivity contribution in [3.05, 3.63) is 82.6 Å². The third-order valence-electron chi connectivity index (χ3n) is 4.90. The van der Waals surface area contributed by atoms with Crippen LogP contribution in [-0.4, -0.2) is 32.4 Å². The molecule has 0 saturated heterocycles. The summed E-state index contributed by atoms with van der Waals surface area (Å²) in [5, 5.41) is 2.62. The first kappa shape index (κ1) is 25.2. The molecule has 34 heavy (non-hydrogen) atoms. The molecule has 0 aliphatic carbocycles. The second-order valence-corrected chi connectivity index (χ2v) is 10.6. The number of sulfonamides is 1. The van der Waals surface area contributed by atoms with Crippen LogP contribution in [-0.2, 0) is 20.2 Å².